The van der Waals surface area contributed by atoms with E-state index >= 15 is 0 Å². The molecule has 2 saturated carbocycles. The highest BCUT2D eigenvalue weighted by Gasteiger charge is 2.52. The molecule has 0 aromatic carbocycles. The summed E-state index contributed by atoms with van der Waals surface area (Å²) >= 11 is 0. The molecule has 1 heterocycles. The Kier molecular flexibility index (Phi) is 3.53. The highest BCUT2D eigenvalue weighted by molar-refractivity contribution is 7.88. The van der Waals surface area contributed by atoms with Crippen LogP contribution in [0.25, 0.3) is 0 Å². The normalized spacial score (nSPS) is 31.7. The van der Waals surface area contributed by atoms with E-state index in [0.717, 1.165) is 19.3 Å². The van der Waals surface area contributed by atoms with E-state index in [1.54, 1.807) is 13.0 Å². The van der Waals surface area contributed by atoms with Crippen molar-refractivity contribution in [3.8, 4) is 0 Å². The number of hydrogen-bond acceptors (Lipinski definition) is 5. The van der Waals surface area contributed by atoms with Crippen LogP contribution in [-0.4, -0.2) is 30.7 Å². The molecule has 0 aliphatic heterocycles. The van der Waals surface area contributed by atoms with Gasteiger partial charge in [-0.05, 0) is 38.0 Å². The Labute approximate surface area is 122 Å². The van der Waals surface area contributed by atoms with Crippen molar-refractivity contribution in [2.24, 2.45) is 17.8 Å². The third-order valence-electron chi connectivity index (χ3n) is 4.53. The van der Waals surface area contributed by atoms with Gasteiger partial charge >= 0.3 is 5.97 Å². The number of aliphatic carboxylic acids is 1. The molecular weight excluding hydrogens is 296 g/mol. The number of carboxylic acids is 1. The maximum Gasteiger partial charge on any atom is 0.308 e. The van der Waals surface area contributed by atoms with Gasteiger partial charge in [-0.15, -0.1) is 0 Å². The average molecular weight is 314 g/mol. The molecule has 0 spiro atoms. The van der Waals surface area contributed by atoms with Gasteiger partial charge in [0.15, 0.2) is 0 Å². The molecule has 116 valence electrons. The SMILES string of the molecule is Cc1cc(CS(=O)(=O)NC2C3CCC(C3)C2C(=O)O)no1. The second-order valence-electron chi connectivity index (χ2n) is 6.03. The first-order chi connectivity index (χ1) is 9.85. The van der Waals surface area contributed by atoms with Gasteiger partial charge in [-0.2, -0.15) is 0 Å². The van der Waals surface area contributed by atoms with Crippen molar-refractivity contribution >= 4 is 16.0 Å². The van der Waals surface area contributed by atoms with Gasteiger partial charge in [0.2, 0.25) is 10.0 Å². The highest BCUT2D eigenvalue weighted by Crippen LogP contribution is 2.48. The van der Waals surface area contributed by atoms with E-state index in [1.165, 1.54) is 0 Å². The number of fused-ring (bicyclic) bond motifs is 2. The topological polar surface area (TPSA) is 110 Å². The van der Waals surface area contributed by atoms with Crippen LogP contribution in [0.3, 0.4) is 0 Å². The summed E-state index contributed by atoms with van der Waals surface area (Å²) in [4.78, 5) is 11.4. The predicted octanol–water partition coefficient (Wildman–Crippen LogP) is 0.902. The lowest BCUT2D eigenvalue weighted by atomic mass is 9.85. The molecule has 2 aliphatic rings. The van der Waals surface area contributed by atoms with Gasteiger partial charge in [-0.25, -0.2) is 13.1 Å². The van der Waals surface area contributed by atoms with Gasteiger partial charge in [0, 0.05) is 12.1 Å². The zero-order valence-electron chi connectivity index (χ0n) is 11.7. The molecule has 2 N–H and O–H groups in total. The quantitative estimate of drug-likeness (QED) is 0.835. The molecule has 1 aromatic heterocycles. The second kappa shape index (κ2) is 5.10. The number of aryl methyl sites for hydroxylation is 1. The number of carboxylic acid groups (broad SMARTS) is 1. The molecule has 7 nitrogen and oxygen atoms in total. The van der Waals surface area contributed by atoms with Crippen LogP contribution < -0.4 is 4.72 Å². The minimum atomic E-state index is -3.63. The van der Waals surface area contributed by atoms with Crippen LogP contribution >= 0.6 is 0 Å². The van der Waals surface area contributed by atoms with E-state index in [0.29, 0.717) is 11.5 Å². The van der Waals surface area contributed by atoms with Gasteiger partial charge in [-0.1, -0.05) is 5.16 Å². The molecule has 4 unspecified atom stereocenters. The molecule has 8 heteroatoms. The van der Waals surface area contributed by atoms with Crippen molar-refractivity contribution in [2.75, 3.05) is 0 Å². The largest absolute Gasteiger partial charge is 0.481 e. The molecule has 2 aliphatic carbocycles. The van der Waals surface area contributed by atoms with E-state index in [1.807, 2.05) is 0 Å². The minimum absolute atomic E-state index is 0.0921. The number of nitrogens with zero attached hydrogens (tertiary/aromatic N) is 1. The molecular formula is C13H18N2O5S. The van der Waals surface area contributed by atoms with Crippen molar-refractivity contribution < 1.29 is 22.8 Å². The summed E-state index contributed by atoms with van der Waals surface area (Å²) < 4.78 is 31.9. The molecule has 4 atom stereocenters. The molecule has 1 aromatic rings. The first-order valence-corrected chi connectivity index (χ1v) is 8.66. The van der Waals surface area contributed by atoms with Gasteiger partial charge < -0.3 is 9.63 Å². The average Bonchev–Trinajstić information content (AvgIpc) is 3.04. The first-order valence-electron chi connectivity index (χ1n) is 7.01. The summed E-state index contributed by atoms with van der Waals surface area (Å²) in [5.74, 6) is -1.04. The Hall–Kier alpha value is -1.41. The summed E-state index contributed by atoms with van der Waals surface area (Å²) in [7, 11) is -3.63. The Bertz CT molecular complexity index is 653. The molecule has 2 bridgehead atoms. The number of sulfonamides is 1. The lowest BCUT2D eigenvalue weighted by molar-refractivity contribution is -0.144. The zero-order chi connectivity index (χ0) is 15.2. The molecule has 0 radical (unpaired) electrons. The van der Waals surface area contributed by atoms with E-state index in [-0.39, 0.29) is 17.6 Å². The van der Waals surface area contributed by atoms with Crippen LogP contribution in [0.5, 0.6) is 0 Å². The number of carbonyl (C=O) groups is 1. The van der Waals surface area contributed by atoms with Crippen molar-refractivity contribution in [1.82, 2.24) is 9.88 Å². The lowest BCUT2D eigenvalue weighted by Gasteiger charge is -2.28. The zero-order valence-corrected chi connectivity index (χ0v) is 12.5. The molecule has 2 fully saturated rings. The monoisotopic (exact) mass is 314 g/mol. The minimum Gasteiger partial charge on any atom is -0.481 e. The van der Waals surface area contributed by atoms with Crippen LogP contribution in [0, 0.1) is 24.7 Å². The second-order valence-corrected chi connectivity index (χ2v) is 7.78. The number of hydrogen-bond donors (Lipinski definition) is 2. The number of nitrogens with one attached hydrogen (secondary N) is 1. The molecule has 3 rings (SSSR count). The lowest BCUT2D eigenvalue weighted by Crippen LogP contribution is -2.47. The van der Waals surface area contributed by atoms with Crippen LogP contribution in [0.2, 0.25) is 0 Å². The predicted molar refractivity (Wildman–Crippen MR) is 72.7 cm³/mol. The standard InChI is InChI=1S/C13H18N2O5S/c1-7-4-10(14-20-7)6-21(18,19)15-12-9-3-2-8(5-9)11(12)13(16)17/h4,8-9,11-12,15H,2-3,5-6H2,1H3,(H,16,17). The van der Waals surface area contributed by atoms with Crippen molar-refractivity contribution in [3.05, 3.63) is 17.5 Å². The maximum absolute atomic E-state index is 12.2. The van der Waals surface area contributed by atoms with Crippen LogP contribution in [0.1, 0.15) is 30.7 Å². The fourth-order valence-corrected chi connectivity index (χ4v) is 5.11. The van der Waals surface area contributed by atoms with Gasteiger partial charge in [0.1, 0.15) is 17.2 Å². The van der Waals surface area contributed by atoms with E-state index < -0.39 is 28.0 Å². The summed E-state index contributed by atoms with van der Waals surface area (Å²) in [5.41, 5.74) is 0.329. The van der Waals surface area contributed by atoms with Crippen molar-refractivity contribution in [1.29, 1.82) is 0 Å². The summed E-state index contributed by atoms with van der Waals surface area (Å²) in [6.45, 7) is 1.69. The van der Waals surface area contributed by atoms with Gasteiger partial charge in [0.05, 0.1) is 5.92 Å². The third-order valence-corrected chi connectivity index (χ3v) is 5.84. The molecule has 0 saturated heterocycles. The van der Waals surface area contributed by atoms with Gasteiger partial charge in [-0.3, -0.25) is 4.79 Å². The maximum atomic E-state index is 12.2. The third kappa shape index (κ3) is 2.82. The Morgan fingerprint density at radius 1 is 1.48 bits per heavy atom. The first kappa shape index (κ1) is 14.5. The fourth-order valence-electron chi connectivity index (χ4n) is 3.75. The fraction of sp³-hybridized carbons (Fsp3) is 0.692. The van der Waals surface area contributed by atoms with Gasteiger partial charge in [0.25, 0.3) is 0 Å². The Morgan fingerprint density at radius 2 is 2.19 bits per heavy atom. The number of rotatable bonds is 5. The molecule has 0 amide bonds. The summed E-state index contributed by atoms with van der Waals surface area (Å²) in [6, 6.07) is 1.06. The van der Waals surface area contributed by atoms with Crippen LogP contribution in [0.4, 0.5) is 0 Å². The van der Waals surface area contributed by atoms with Crippen LogP contribution in [0.15, 0.2) is 10.6 Å². The van der Waals surface area contributed by atoms with E-state index in [9.17, 15) is 18.3 Å². The Morgan fingerprint density at radius 3 is 2.81 bits per heavy atom. The number of aromatic nitrogens is 1. The smallest absolute Gasteiger partial charge is 0.308 e. The highest BCUT2D eigenvalue weighted by atomic mass is 32.2. The summed E-state index contributed by atoms with van der Waals surface area (Å²) in [6.07, 6.45) is 2.57. The van der Waals surface area contributed by atoms with Crippen molar-refractivity contribution in [3.63, 3.8) is 0 Å². The van der Waals surface area contributed by atoms with Crippen LogP contribution in [-0.2, 0) is 20.6 Å². The van der Waals surface area contributed by atoms with E-state index in [4.69, 9.17) is 4.52 Å². The van der Waals surface area contributed by atoms with Crippen molar-refractivity contribution in [2.45, 2.75) is 38.0 Å². The van der Waals surface area contributed by atoms with E-state index in [2.05, 4.69) is 9.88 Å². The summed E-state index contributed by atoms with van der Waals surface area (Å²) in [5, 5.41) is 13.0. The Balaban J connectivity index is 1.74. The molecule has 21 heavy (non-hydrogen) atoms.